The van der Waals surface area contributed by atoms with Crippen LogP contribution >= 0.6 is 11.8 Å². The lowest BCUT2D eigenvalue weighted by atomic mass is 10.2. The van der Waals surface area contributed by atoms with Crippen LogP contribution in [0.2, 0.25) is 0 Å². The third-order valence-corrected chi connectivity index (χ3v) is 4.77. The normalized spacial score (nSPS) is 10.2. The van der Waals surface area contributed by atoms with Crippen LogP contribution in [-0.2, 0) is 11.2 Å². The Morgan fingerprint density at radius 2 is 2.12 bits per heavy atom. The number of benzene rings is 1. The van der Waals surface area contributed by atoms with Crippen molar-refractivity contribution in [2.45, 2.75) is 37.6 Å². The van der Waals surface area contributed by atoms with Gasteiger partial charge in [-0.25, -0.2) is 4.98 Å². The fourth-order valence-electron chi connectivity index (χ4n) is 2.37. The number of thioether (sulfide) groups is 1. The molecule has 1 aromatic carbocycles. The van der Waals surface area contributed by atoms with Gasteiger partial charge in [0, 0.05) is 17.9 Å². The molecular formula is C20H23N3O2S. The number of anilines is 1. The maximum atomic E-state index is 12.2. The second-order valence-electron chi connectivity index (χ2n) is 5.72. The van der Waals surface area contributed by atoms with Gasteiger partial charge in [0.25, 0.3) is 0 Å². The summed E-state index contributed by atoms with van der Waals surface area (Å²) >= 11 is 1.44. The molecule has 0 atom stereocenters. The molecule has 0 bridgehead atoms. The molecule has 0 radical (unpaired) electrons. The molecule has 0 aliphatic rings. The summed E-state index contributed by atoms with van der Waals surface area (Å²) in [7, 11) is 1.57. The lowest BCUT2D eigenvalue weighted by Gasteiger charge is -2.10. The molecule has 1 N–H and O–H groups in total. The molecule has 6 heteroatoms. The number of ether oxygens (including phenoxy) is 1. The molecule has 5 nitrogen and oxygen atoms in total. The van der Waals surface area contributed by atoms with Gasteiger partial charge >= 0.3 is 0 Å². The van der Waals surface area contributed by atoms with Gasteiger partial charge in [-0.3, -0.25) is 4.79 Å². The Morgan fingerprint density at radius 3 is 2.85 bits per heavy atom. The van der Waals surface area contributed by atoms with E-state index in [1.54, 1.807) is 19.2 Å². The Labute approximate surface area is 158 Å². The summed E-state index contributed by atoms with van der Waals surface area (Å²) in [6.07, 6.45) is 3.41. The van der Waals surface area contributed by atoms with Gasteiger partial charge in [-0.1, -0.05) is 25.5 Å². The summed E-state index contributed by atoms with van der Waals surface area (Å²) in [5.41, 5.74) is 2.20. The topological polar surface area (TPSA) is 75.0 Å². The molecule has 0 aliphatic heterocycles. The quantitative estimate of drug-likeness (QED) is 0.662. The molecule has 136 valence electrons. The van der Waals surface area contributed by atoms with E-state index < -0.39 is 0 Å². The zero-order valence-corrected chi connectivity index (χ0v) is 15.9. The summed E-state index contributed by atoms with van der Waals surface area (Å²) in [6, 6.07) is 13.2. The lowest BCUT2D eigenvalue weighted by molar-refractivity contribution is -0.115. The Bertz CT molecular complexity index is 787. The van der Waals surface area contributed by atoms with Gasteiger partial charge in [0.2, 0.25) is 5.91 Å². The van der Waals surface area contributed by atoms with Crippen LogP contribution in [0.3, 0.4) is 0 Å². The first-order valence-corrected chi connectivity index (χ1v) is 9.62. The van der Waals surface area contributed by atoms with Crippen LogP contribution in [0.15, 0.2) is 41.4 Å². The van der Waals surface area contributed by atoms with Crippen molar-refractivity contribution < 1.29 is 9.53 Å². The van der Waals surface area contributed by atoms with Crippen LogP contribution in [-0.4, -0.2) is 23.8 Å². The number of amides is 1. The molecule has 0 saturated heterocycles. The van der Waals surface area contributed by atoms with Gasteiger partial charge in [-0.2, -0.15) is 5.26 Å². The van der Waals surface area contributed by atoms with Crippen molar-refractivity contribution in [2.24, 2.45) is 0 Å². The molecule has 0 unspecified atom stereocenters. The van der Waals surface area contributed by atoms with Crippen LogP contribution in [0.4, 0.5) is 5.69 Å². The molecule has 2 rings (SSSR count). The number of methoxy groups -OCH3 is 1. The van der Waals surface area contributed by atoms with Gasteiger partial charge in [0.15, 0.2) is 0 Å². The maximum absolute atomic E-state index is 12.2. The number of unbranched alkanes of at least 4 members (excludes halogenated alkanes) is 1. The molecule has 1 heterocycles. The highest BCUT2D eigenvalue weighted by atomic mass is 32.2. The van der Waals surface area contributed by atoms with Gasteiger partial charge in [0.1, 0.15) is 16.8 Å². The van der Waals surface area contributed by atoms with Gasteiger partial charge in [0.05, 0.1) is 18.4 Å². The number of hydrogen-bond donors (Lipinski definition) is 1. The number of carbonyl (C=O) groups excluding carboxylic acids is 1. The van der Waals surface area contributed by atoms with Crippen molar-refractivity contribution >= 4 is 23.4 Å². The van der Waals surface area contributed by atoms with E-state index in [0.717, 1.165) is 25.0 Å². The lowest BCUT2D eigenvalue weighted by Crippen LogP contribution is -2.13. The second-order valence-corrected chi connectivity index (χ2v) is 6.80. The average Bonchev–Trinajstić information content (AvgIpc) is 2.67. The van der Waals surface area contributed by atoms with Gasteiger partial charge in [-0.15, -0.1) is 11.8 Å². The largest absolute Gasteiger partial charge is 0.495 e. The van der Waals surface area contributed by atoms with E-state index in [-0.39, 0.29) is 5.91 Å². The Kier molecular flexibility index (Phi) is 7.97. The maximum Gasteiger partial charge on any atom is 0.225 e. The highest BCUT2D eigenvalue weighted by molar-refractivity contribution is 7.99. The second kappa shape index (κ2) is 10.5. The Hall–Kier alpha value is -2.52. The van der Waals surface area contributed by atoms with Crippen molar-refractivity contribution in [1.82, 2.24) is 4.98 Å². The van der Waals surface area contributed by atoms with Crippen molar-refractivity contribution in [3.05, 3.63) is 47.7 Å². The van der Waals surface area contributed by atoms with E-state index in [0.29, 0.717) is 34.2 Å². The average molecular weight is 369 g/mol. The molecule has 1 amide bonds. The smallest absolute Gasteiger partial charge is 0.225 e. The van der Waals surface area contributed by atoms with E-state index in [4.69, 9.17) is 4.74 Å². The number of para-hydroxylation sites is 2. The first-order valence-electron chi connectivity index (χ1n) is 8.63. The fraction of sp³-hybridized carbons (Fsp3) is 0.350. The van der Waals surface area contributed by atoms with Gasteiger partial charge in [-0.05, 0) is 37.1 Å². The van der Waals surface area contributed by atoms with Crippen LogP contribution in [0.25, 0.3) is 0 Å². The monoisotopic (exact) mass is 369 g/mol. The predicted molar refractivity (Wildman–Crippen MR) is 105 cm³/mol. The fourth-order valence-corrected chi connectivity index (χ4v) is 3.30. The zero-order chi connectivity index (χ0) is 18.8. The number of aryl methyl sites for hydroxylation is 1. The standard InChI is InChI=1S/C20H23N3O2S/c1-3-4-7-16-11-10-15(14-21)20(22-16)26-13-12-19(24)23-17-8-5-6-9-18(17)25-2/h5-6,8-11H,3-4,7,12-13H2,1-2H3,(H,23,24). The van der Waals surface area contributed by atoms with E-state index in [9.17, 15) is 10.1 Å². The van der Waals surface area contributed by atoms with Crippen LogP contribution in [0.5, 0.6) is 5.75 Å². The summed E-state index contributed by atoms with van der Waals surface area (Å²) in [5, 5.41) is 12.8. The van der Waals surface area contributed by atoms with Crippen LogP contribution in [0, 0.1) is 11.3 Å². The minimum atomic E-state index is -0.0948. The van der Waals surface area contributed by atoms with Crippen LogP contribution in [0.1, 0.15) is 37.4 Å². The van der Waals surface area contributed by atoms with Crippen LogP contribution < -0.4 is 10.1 Å². The number of pyridine rings is 1. The number of nitriles is 1. The number of carbonyl (C=O) groups is 1. The molecule has 0 spiro atoms. The molecule has 1 aromatic heterocycles. The SMILES string of the molecule is CCCCc1ccc(C#N)c(SCCC(=O)Nc2ccccc2OC)n1. The zero-order valence-electron chi connectivity index (χ0n) is 15.1. The van der Waals surface area contributed by atoms with Crippen molar-refractivity contribution in [1.29, 1.82) is 5.26 Å². The van der Waals surface area contributed by atoms with E-state index in [1.807, 2.05) is 24.3 Å². The van der Waals surface area contributed by atoms with Gasteiger partial charge < -0.3 is 10.1 Å². The van der Waals surface area contributed by atoms with Crippen molar-refractivity contribution in [3.8, 4) is 11.8 Å². The van der Waals surface area contributed by atoms with Crippen molar-refractivity contribution in [2.75, 3.05) is 18.2 Å². The summed E-state index contributed by atoms with van der Waals surface area (Å²) in [4.78, 5) is 16.7. The molecule has 26 heavy (non-hydrogen) atoms. The number of nitrogens with one attached hydrogen (secondary N) is 1. The predicted octanol–water partition coefficient (Wildman–Crippen LogP) is 4.43. The highest BCUT2D eigenvalue weighted by Crippen LogP contribution is 2.25. The number of nitrogens with zero attached hydrogens (tertiary/aromatic N) is 2. The third kappa shape index (κ3) is 5.78. The first-order chi connectivity index (χ1) is 12.7. The number of aromatic nitrogens is 1. The Balaban J connectivity index is 1.92. The molecular weight excluding hydrogens is 346 g/mol. The molecule has 0 saturated carbocycles. The van der Waals surface area contributed by atoms with E-state index in [2.05, 4.69) is 23.3 Å². The first kappa shape index (κ1) is 19.8. The minimum Gasteiger partial charge on any atom is -0.495 e. The molecule has 0 aliphatic carbocycles. The molecule has 2 aromatic rings. The van der Waals surface area contributed by atoms with Crippen molar-refractivity contribution in [3.63, 3.8) is 0 Å². The summed E-state index contributed by atoms with van der Waals surface area (Å²) < 4.78 is 5.23. The third-order valence-electron chi connectivity index (χ3n) is 3.77. The summed E-state index contributed by atoms with van der Waals surface area (Å²) in [5.74, 6) is 1.09. The Morgan fingerprint density at radius 1 is 1.31 bits per heavy atom. The minimum absolute atomic E-state index is 0.0948. The number of hydrogen-bond acceptors (Lipinski definition) is 5. The number of rotatable bonds is 9. The van der Waals surface area contributed by atoms with E-state index in [1.165, 1.54) is 11.8 Å². The summed E-state index contributed by atoms with van der Waals surface area (Å²) in [6.45, 7) is 2.14. The van der Waals surface area contributed by atoms with E-state index >= 15 is 0 Å². The highest BCUT2D eigenvalue weighted by Gasteiger charge is 2.10. The molecule has 0 fully saturated rings.